The van der Waals surface area contributed by atoms with Crippen molar-refractivity contribution in [2.75, 3.05) is 17.2 Å². The highest BCUT2D eigenvalue weighted by Crippen LogP contribution is 2.11. The molecular weight excluding hydrogens is 570 g/mol. The van der Waals surface area contributed by atoms with Crippen molar-refractivity contribution in [2.45, 2.75) is 91.4 Å². The molecule has 0 radical (unpaired) electrons. The number of anilines is 3. The summed E-state index contributed by atoms with van der Waals surface area (Å²) in [5.74, 6) is -5.38. The summed E-state index contributed by atoms with van der Waals surface area (Å²) in [5, 5.41) is 24.7. The number of benzene rings is 3. The van der Waals surface area contributed by atoms with Gasteiger partial charge in [0.15, 0.2) is 0 Å². The van der Waals surface area contributed by atoms with Crippen molar-refractivity contribution in [3.8, 4) is 0 Å². The fourth-order valence-electron chi connectivity index (χ4n) is 3.86. The lowest BCUT2D eigenvalue weighted by molar-refractivity contribution is -0.152. The van der Waals surface area contributed by atoms with E-state index in [4.69, 9.17) is 32.5 Å². The van der Waals surface area contributed by atoms with Crippen LogP contribution in [0, 0.1) is 5.92 Å². The van der Waals surface area contributed by atoms with E-state index >= 15 is 0 Å². The molecule has 0 aromatic heterocycles. The molecule has 0 aliphatic rings. The molecule has 45 heavy (non-hydrogen) atoms. The van der Waals surface area contributed by atoms with E-state index in [1.54, 1.807) is 0 Å². The Kier molecular flexibility index (Phi) is 22.4. The standard InChI is InChI=1S/3C10H15N.C6H8O6/c3*1-2-3-4-9-5-7-10(11)8-6-9;7-4(8)1-3(6(11)12)2-5(9)10/h3*5-8H,2-4,11H2,1H3;3H,1-2H2,(H,7,8)(H,9,10)(H,11,12). The van der Waals surface area contributed by atoms with E-state index in [0.29, 0.717) is 0 Å². The van der Waals surface area contributed by atoms with Crippen LogP contribution in [0.1, 0.15) is 88.8 Å². The second-order valence-corrected chi connectivity index (χ2v) is 10.8. The van der Waals surface area contributed by atoms with Crippen molar-refractivity contribution < 1.29 is 29.7 Å². The fraction of sp³-hybridized carbons (Fsp3) is 0.417. The van der Waals surface area contributed by atoms with Crippen molar-refractivity contribution >= 4 is 35.0 Å². The minimum absolute atomic E-state index is 0.665. The lowest BCUT2D eigenvalue weighted by atomic mass is 10.0. The van der Waals surface area contributed by atoms with Gasteiger partial charge in [-0.1, -0.05) is 76.4 Å². The predicted molar refractivity (Wildman–Crippen MR) is 184 cm³/mol. The molecule has 0 atom stereocenters. The lowest BCUT2D eigenvalue weighted by Gasteiger charge is -2.04. The van der Waals surface area contributed by atoms with E-state index in [1.165, 1.54) is 74.5 Å². The average Bonchev–Trinajstić information content (AvgIpc) is 3.00. The molecule has 0 saturated heterocycles. The summed E-state index contributed by atoms with van der Waals surface area (Å²) < 4.78 is 0. The van der Waals surface area contributed by atoms with Gasteiger partial charge in [-0.3, -0.25) is 14.4 Å². The Bertz CT molecular complexity index is 1080. The molecule has 0 unspecified atom stereocenters. The summed E-state index contributed by atoms with van der Waals surface area (Å²) in [6.07, 6.45) is 9.77. The highest BCUT2D eigenvalue weighted by atomic mass is 16.4. The molecule has 3 aromatic rings. The van der Waals surface area contributed by atoms with Crippen LogP contribution in [0.3, 0.4) is 0 Å². The van der Waals surface area contributed by atoms with E-state index in [2.05, 4.69) is 57.2 Å². The van der Waals surface area contributed by atoms with Gasteiger partial charge in [-0.25, -0.2) is 0 Å². The Hall–Kier alpha value is -4.53. The van der Waals surface area contributed by atoms with E-state index in [-0.39, 0.29) is 0 Å². The molecule has 0 aliphatic carbocycles. The third kappa shape index (κ3) is 22.6. The number of nitrogens with two attached hydrogens (primary N) is 3. The Labute approximate surface area is 268 Å². The molecule has 0 saturated carbocycles. The second-order valence-electron chi connectivity index (χ2n) is 10.8. The Morgan fingerprint density at radius 2 is 0.756 bits per heavy atom. The Morgan fingerprint density at radius 3 is 0.933 bits per heavy atom. The van der Waals surface area contributed by atoms with Gasteiger partial charge in [-0.15, -0.1) is 0 Å². The lowest BCUT2D eigenvalue weighted by Crippen LogP contribution is -2.20. The summed E-state index contributed by atoms with van der Waals surface area (Å²) in [6, 6.07) is 24.4. The van der Waals surface area contributed by atoms with E-state index < -0.39 is 36.7 Å². The maximum atomic E-state index is 10.2. The first-order valence-electron chi connectivity index (χ1n) is 15.6. The average molecular weight is 624 g/mol. The number of nitrogen functional groups attached to an aromatic ring is 3. The molecule has 3 aromatic carbocycles. The van der Waals surface area contributed by atoms with E-state index in [1.807, 2.05) is 36.4 Å². The van der Waals surface area contributed by atoms with E-state index in [9.17, 15) is 14.4 Å². The second kappa shape index (κ2) is 24.9. The zero-order valence-corrected chi connectivity index (χ0v) is 27.1. The maximum absolute atomic E-state index is 10.2. The van der Waals surface area contributed by atoms with Crippen molar-refractivity contribution in [3.63, 3.8) is 0 Å². The zero-order chi connectivity index (χ0) is 34.0. The van der Waals surface area contributed by atoms with Crippen molar-refractivity contribution in [1.82, 2.24) is 0 Å². The minimum atomic E-state index is -1.40. The van der Waals surface area contributed by atoms with Crippen LogP contribution in [0.15, 0.2) is 72.8 Å². The van der Waals surface area contributed by atoms with Gasteiger partial charge in [0, 0.05) is 17.1 Å². The molecule has 3 rings (SSSR count). The zero-order valence-electron chi connectivity index (χ0n) is 27.1. The highest BCUT2D eigenvalue weighted by molar-refractivity contribution is 5.82. The van der Waals surface area contributed by atoms with Gasteiger partial charge in [0.25, 0.3) is 0 Å². The predicted octanol–water partition coefficient (Wildman–Crippen LogP) is 7.47. The summed E-state index contributed by atoms with van der Waals surface area (Å²) in [4.78, 5) is 30.3. The normalized spacial score (nSPS) is 9.87. The van der Waals surface area contributed by atoms with Crippen LogP contribution in [0.5, 0.6) is 0 Å². The number of hydrogen-bond donors (Lipinski definition) is 6. The summed E-state index contributed by atoms with van der Waals surface area (Å²) in [6.45, 7) is 6.62. The molecule has 0 amide bonds. The number of hydrogen-bond acceptors (Lipinski definition) is 6. The molecule has 0 heterocycles. The van der Waals surface area contributed by atoms with Crippen molar-refractivity contribution in [3.05, 3.63) is 89.5 Å². The summed E-state index contributed by atoms with van der Waals surface area (Å²) in [5.41, 5.74) is 23.4. The number of carboxylic acid groups (broad SMARTS) is 3. The van der Waals surface area contributed by atoms with E-state index in [0.717, 1.165) is 17.1 Å². The molecule has 0 fully saturated rings. The summed E-state index contributed by atoms with van der Waals surface area (Å²) in [7, 11) is 0. The van der Waals surface area contributed by atoms with Gasteiger partial charge in [0.1, 0.15) is 0 Å². The van der Waals surface area contributed by atoms with Gasteiger partial charge in [0.2, 0.25) is 0 Å². The quantitative estimate of drug-likeness (QED) is 0.0989. The van der Waals surface area contributed by atoms with Gasteiger partial charge in [0.05, 0.1) is 18.8 Å². The molecule has 9 N–H and O–H groups in total. The van der Waals surface area contributed by atoms with Crippen LogP contribution in [0.4, 0.5) is 17.1 Å². The highest BCUT2D eigenvalue weighted by Gasteiger charge is 2.23. The third-order valence-electron chi connectivity index (χ3n) is 6.59. The van der Waals surface area contributed by atoms with Gasteiger partial charge in [-0.2, -0.15) is 0 Å². The number of unbranched alkanes of at least 4 members (excludes halogenated alkanes) is 3. The first-order valence-corrected chi connectivity index (χ1v) is 15.6. The topological polar surface area (TPSA) is 190 Å². The SMILES string of the molecule is CCCCc1ccc(N)cc1.CCCCc1ccc(N)cc1.CCCCc1ccc(N)cc1.O=C(O)CC(CC(=O)O)C(=O)O. The number of carbonyl (C=O) groups is 3. The number of rotatable bonds is 14. The number of aliphatic carboxylic acids is 3. The number of aryl methyl sites for hydroxylation is 3. The maximum Gasteiger partial charge on any atom is 0.307 e. The molecule has 0 bridgehead atoms. The Morgan fingerprint density at radius 1 is 0.511 bits per heavy atom. The van der Waals surface area contributed by atoms with Crippen molar-refractivity contribution in [2.24, 2.45) is 5.92 Å². The van der Waals surface area contributed by atoms with Crippen LogP contribution in [0.25, 0.3) is 0 Å². The first kappa shape index (κ1) is 40.5. The van der Waals surface area contributed by atoms with Crippen LogP contribution in [0.2, 0.25) is 0 Å². The van der Waals surface area contributed by atoms with Crippen LogP contribution in [-0.4, -0.2) is 33.2 Å². The summed E-state index contributed by atoms with van der Waals surface area (Å²) >= 11 is 0. The fourth-order valence-corrected chi connectivity index (χ4v) is 3.86. The monoisotopic (exact) mass is 623 g/mol. The molecule has 248 valence electrons. The Balaban J connectivity index is 0.000000574. The van der Waals surface area contributed by atoms with Crippen LogP contribution in [-0.2, 0) is 33.6 Å². The molecule has 9 nitrogen and oxygen atoms in total. The van der Waals surface area contributed by atoms with Gasteiger partial charge < -0.3 is 32.5 Å². The van der Waals surface area contributed by atoms with Crippen molar-refractivity contribution in [1.29, 1.82) is 0 Å². The largest absolute Gasteiger partial charge is 0.481 e. The minimum Gasteiger partial charge on any atom is -0.481 e. The first-order chi connectivity index (χ1) is 21.4. The smallest absolute Gasteiger partial charge is 0.307 e. The van der Waals surface area contributed by atoms with Crippen LogP contribution < -0.4 is 17.2 Å². The van der Waals surface area contributed by atoms with Gasteiger partial charge >= 0.3 is 17.9 Å². The van der Waals surface area contributed by atoms with Gasteiger partial charge in [-0.05, 0) is 91.6 Å². The van der Waals surface area contributed by atoms with Crippen LogP contribution >= 0.6 is 0 Å². The molecule has 0 spiro atoms. The molecular formula is C36H53N3O6. The third-order valence-corrected chi connectivity index (χ3v) is 6.59. The molecule has 0 aliphatic heterocycles. The number of carboxylic acids is 3. The molecule has 9 heteroatoms.